The molecule has 0 aliphatic carbocycles. The first-order valence-corrected chi connectivity index (χ1v) is 9.93. The zero-order valence-electron chi connectivity index (χ0n) is 16.6. The normalized spacial score (nSPS) is 15.6. The summed E-state index contributed by atoms with van der Waals surface area (Å²) in [6.45, 7) is 4.62. The smallest absolute Gasteiger partial charge is 0.329 e. The molecule has 1 aromatic heterocycles. The number of piperidine rings is 1. The van der Waals surface area contributed by atoms with Crippen molar-refractivity contribution in [2.45, 2.75) is 45.3 Å². The van der Waals surface area contributed by atoms with Gasteiger partial charge in [-0.3, -0.25) is 23.6 Å². The molecule has 8 nitrogen and oxygen atoms in total. The summed E-state index contributed by atoms with van der Waals surface area (Å²) in [4.78, 5) is 38.9. The van der Waals surface area contributed by atoms with E-state index in [4.69, 9.17) is 0 Å². The Morgan fingerprint density at radius 3 is 2.29 bits per heavy atom. The van der Waals surface area contributed by atoms with Crippen molar-refractivity contribution in [1.29, 1.82) is 0 Å². The summed E-state index contributed by atoms with van der Waals surface area (Å²) in [6, 6.07) is 7.67. The number of benzene rings is 1. The number of hydrogen-bond acceptors (Lipinski definition) is 4. The van der Waals surface area contributed by atoms with Crippen LogP contribution in [0.1, 0.15) is 26.2 Å². The molecular weight excluding hydrogens is 358 g/mol. The molecule has 0 atom stereocenters. The number of para-hydroxylation sites is 2. The highest BCUT2D eigenvalue weighted by atomic mass is 16.2. The number of likely N-dealkylation sites (N-methyl/N-ethyl adjacent to an activating group) is 1. The van der Waals surface area contributed by atoms with Crippen molar-refractivity contribution >= 4 is 22.8 Å². The maximum atomic E-state index is 12.8. The molecule has 152 valence electrons. The summed E-state index contributed by atoms with van der Waals surface area (Å²) >= 11 is 0. The first kappa shape index (κ1) is 20.1. The minimum Gasteiger partial charge on any atom is -0.358 e. The average molecular weight is 387 g/mol. The minimum absolute atomic E-state index is 0.00494. The number of nitrogens with one attached hydrogen (secondary N) is 2. The van der Waals surface area contributed by atoms with Gasteiger partial charge in [0.1, 0.15) is 6.54 Å². The summed E-state index contributed by atoms with van der Waals surface area (Å²) in [5.74, 6) is -0.142. The van der Waals surface area contributed by atoms with Gasteiger partial charge >= 0.3 is 5.69 Å². The second-order valence-electron chi connectivity index (χ2n) is 7.30. The molecule has 2 heterocycles. The van der Waals surface area contributed by atoms with Gasteiger partial charge < -0.3 is 10.6 Å². The lowest BCUT2D eigenvalue weighted by Gasteiger charge is -2.31. The van der Waals surface area contributed by atoms with Crippen LogP contribution in [0.4, 0.5) is 0 Å². The van der Waals surface area contributed by atoms with Gasteiger partial charge in [-0.25, -0.2) is 4.79 Å². The SMILES string of the molecule is CCCn1c(=O)n(CC(=O)NC2CCN(CC(=O)NC)CC2)c2ccccc21. The van der Waals surface area contributed by atoms with E-state index < -0.39 is 0 Å². The first-order valence-electron chi connectivity index (χ1n) is 9.93. The molecule has 0 radical (unpaired) electrons. The quantitative estimate of drug-likeness (QED) is 0.726. The summed E-state index contributed by atoms with van der Waals surface area (Å²) in [5, 5.41) is 5.68. The van der Waals surface area contributed by atoms with Crippen LogP contribution in [0.3, 0.4) is 0 Å². The molecule has 2 aromatic rings. The average Bonchev–Trinajstić information content (AvgIpc) is 2.95. The number of aromatic nitrogens is 2. The number of carbonyl (C=O) groups is 2. The van der Waals surface area contributed by atoms with Crippen LogP contribution in [0.2, 0.25) is 0 Å². The summed E-state index contributed by atoms with van der Waals surface area (Å²) < 4.78 is 3.29. The van der Waals surface area contributed by atoms with Crippen molar-refractivity contribution in [3.05, 3.63) is 34.7 Å². The van der Waals surface area contributed by atoms with Gasteiger partial charge in [-0.15, -0.1) is 0 Å². The summed E-state index contributed by atoms with van der Waals surface area (Å²) in [5.41, 5.74) is 1.51. The molecule has 28 heavy (non-hydrogen) atoms. The Morgan fingerprint density at radius 2 is 1.68 bits per heavy atom. The molecule has 2 amide bonds. The highest BCUT2D eigenvalue weighted by Gasteiger charge is 2.22. The van der Waals surface area contributed by atoms with Crippen LogP contribution in [0.5, 0.6) is 0 Å². The van der Waals surface area contributed by atoms with Crippen LogP contribution < -0.4 is 16.3 Å². The van der Waals surface area contributed by atoms with Gasteiger partial charge in [0.15, 0.2) is 0 Å². The molecule has 1 fully saturated rings. The third kappa shape index (κ3) is 4.44. The molecule has 0 bridgehead atoms. The van der Waals surface area contributed by atoms with Crippen molar-refractivity contribution in [2.24, 2.45) is 0 Å². The van der Waals surface area contributed by atoms with Crippen molar-refractivity contribution in [3.63, 3.8) is 0 Å². The number of amides is 2. The Hall–Kier alpha value is -2.61. The number of aryl methyl sites for hydroxylation is 1. The lowest BCUT2D eigenvalue weighted by atomic mass is 10.1. The predicted molar refractivity (Wildman–Crippen MR) is 108 cm³/mol. The van der Waals surface area contributed by atoms with Crippen LogP contribution in [-0.2, 0) is 22.7 Å². The van der Waals surface area contributed by atoms with Gasteiger partial charge in [0.2, 0.25) is 11.8 Å². The second-order valence-corrected chi connectivity index (χ2v) is 7.30. The van der Waals surface area contributed by atoms with E-state index in [-0.39, 0.29) is 30.1 Å². The van der Waals surface area contributed by atoms with E-state index in [0.29, 0.717) is 13.1 Å². The fraction of sp³-hybridized carbons (Fsp3) is 0.550. The third-order valence-electron chi connectivity index (χ3n) is 5.27. The van der Waals surface area contributed by atoms with E-state index in [0.717, 1.165) is 43.4 Å². The molecule has 0 saturated carbocycles. The zero-order chi connectivity index (χ0) is 20.1. The van der Waals surface area contributed by atoms with Crippen LogP contribution >= 0.6 is 0 Å². The van der Waals surface area contributed by atoms with E-state index in [1.54, 1.807) is 16.2 Å². The fourth-order valence-electron chi connectivity index (χ4n) is 3.80. The monoisotopic (exact) mass is 387 g/mol. The third-order valence-corrected chi connectivity index (χ3v) is 5.27. The van der Waals surface area contributed by atoms with E-state index in [2.05, 4.69) is 15.5 Å². The van der Waals surface area contributed by atoms with Crippen LogP contribution in [0, 0.1) is 0 Å². The van der Waals surface area contributed by atoms with Crippen molar-refractivity contribution in [3.8, 4) is 0 Å². The number of carbonyl (C=O) groups excluding carboxylic acids is 2. The maximum absolute atomic E-state index is 12.8. The number of likely N-dealkylation sites (tertiary alicyclic amines) is 1. The van der Waals surface area contributed by atoms with Crippen molar-refractivity contribution in [1.82, 2.24) is 24.7 Å². The highest BCUT2D eigenvalue weighted by molar-refractivity contribution is 5.81. The van der Waals surface area contributed by atoms with Crippen molar-refractivity contribution < 1.29 is 9.59 Å². The molecule has 0 spiro atoms. The Bertz CT molecular complexity index is 893. The van der Waals surface area contributed by atoms with Crippen molar-refractivity contribution in [2.75, 3.05) is 26.7 Å². The van der Waals surface area contributed by atoms with E-state index in [9.17, 15) is 14.4 Å². The van der Waals surface area contributed by atoms with Gasteiger partial charge in [0.05, 0.1) is 17.6 Å². The Kier molecular flexibility index (Phi) is 6.51. The van der Waals surface area contributed by atoms with Crippen LogP contribution in [-0.4, -0.2) is 58.6 Å². The molecule has 1 aliphatic rings. The predicted octanol–water partition coefficient (Wildman–Crippen LogP) is 0.540. The second kappa shape index (κ2) is 9.05. The molecular formula is C20H29N5O3. The molecule has 1 saturated heterocycles. The van der Waals surface area contributed by atoms with Crippen LogP contribution in [0.25, 0.3) is 11.0 Å². The molecule has 1 aromatic carbocycles. The molecule has 0 unspecified atom stereocenters. The van der Waals surface area contributed by atoms with E-state index >= 15 is 0 Å². The summed E-state index contributed by atoms with van der Waals surface area (Å²) in [7, 11) is 1.63. The highest BCUT2D eigenvalue weighted by Crippen LogP contribution is 2.14. The lowest BCUT2D eigenvalue weighted by molar-refractivity contribution is -0.124. The molecule has 3 rings (SSSR count). The number of hydrogen-bond donors (Lipinski definition) is 2. The van der Waals surface area contributed by atoms with Gasteiger partial charge in [0, 0.05) is 32.7 Å². The lowest BCUT2D eigenvalue weighted by Crippen LogP contribution is -2.48. The van der Waals surface area contributed by atoms with E-state index in [1.165, 1.54) is 0 Å². The Balaban J connectivity index is 1.62. The molecule has 1 aliphatic heterocycles. The van der Waals surface area contributed by atoms with E-state index in [1.807, 2.05) is 31.2 Å². The largest absolute Gasteiger partial charge is 0.358 e. The number of fused-ring (bicyclic) bond motifs is 1. The van der Waals surface area contributed by atoms with Gasteiger partial charge in [-0.1, -0.05) is 19.1 Å². The molecule has 8 heteroatoms. The van der Waals surface area contributed by atoms with Crippen LogP contribution in [0.15, 0.2) is 29.1 Å². The Morgan fingerprint density at radius 1 is 1.04 bits per heavy atom. The van der Waals surface area contributed by atoms with Gasteiger partial charge in [0.25, 0.3) is 0 Å². The minimum atomic E-state index is -0.147. The summed E-state index contributed by atoms with van der Waals surface area (Å²) in [6.07, 6.45) is 2.46. The first-order chi connectivity index (χ1) is 13.5. The maximum Gasteiger partial charge on any atom is 0.329 e. The number of imidazole rings is 1. The number of rotatable bonds is 7. The Labute approximate surface area is 164 Å². The standard InChI is InChI=1S/C20H29N5O3/c1-3-10-24-16-6-4-5-7-17(16)25(20(24)28)14-19(27)22-15-8-11-23(12-9-15)13-18(26)21-2/h4-7,15H,3,8-14H2,1-2H3,(H,21,26)(H,22,27). The zero-order valence-corrected chi connectivity index (χ0v) is 16.6. The molecule has 2 N–H and O–H groups in total. The number of nitrogens with zero attached hydrogens (tertiary/aromatic N) is 3. The van der Waals surface area contributed by atoms with Gasteiger partial charge in [-0.05, 0) is 31.4 Å². The fourth-order valence-corrected chi connectivity index (χ4v) is 3.80. The van der Waals surface area contributed by atoms with Gasteiger partial charge in [-0.2, -0.15) is 0 Å². The topological polar surface area (TPSA) is 88.4 Å².